The Morgan fingerprint density at radius 1 is 1.27 bits per heavy atom. The van der Waals surface area contributed by atoms with Gasteiger partial charge in [0.1, 0.15) is 16.2 Å². The van der Waals surface area contributed by atoms with Crippen molar-refractivity contribution in [3.63, 3.8) is 0 Å². The summed E-state index contributed by atoms with van der Waals surface area (Å²) < 4.78 is 0.850. The molecule has 0 fully saturated rings. The number of nitrogens with one attached hydrogen (secondary N) is 1. The fourth-order valence-electron chi connectivity index (χ4n) is 1.40. The molecule has 0 saturated heterocycles. The maximum Gasteiger partial charge on any atom is 0.131 e. The number of hydrogen-bond acceptors (Lipinski definition) is 3. The molecule has 0 saturated carbocycles. The third-order valence-electron chi connectivity index (χ3n) is 2.40. The van der Waals surface area contributed by atoms with E-state index in [1.807, 2.05) is 6.07 Å². The molecule has 15 heavy (non-hydrogen) atoms. The Labute approximate surface area is 99.8 Å². The molecule has 1 aromatic heterocycles. The van der Waals surface area contributed by atoms with Crippen molar-refractivity contribution in [3.8, 4) is 0 Å². The molecule has 4 heteroatoms. The third-order valence-corrected chi connectivity index (χ3v) is 2.80. The molecular formula is C11H18BrN3. The monoisotopic (exact) mass is 271 g/mol. The van der Waals surface area contributed by atoms with Crippen molar-refractivity contribution in [1.82, 2.24) is 9.97 Å². The van der Waals surface area contributed by atoms with Crippen LogP contribution in [0.25, 0.3) is 0 Å². The van der Waals surface area contributed by atoms with Gasteiger partial charge in [0, 0.05) is 18.5 Å². The molecule has 1 aromatic rings. The number of rotatable bonds is 5. The fourth-order valence-corrected chi connectivity index (χ4v) is 1.82. The molecular weight excluding hydrogens is 254 g/mol. The highest BCUT2D eigenvalue weighted by Gasteiger charge is 2.06. The number of halogens is 1. The highest BCUT2D eigenvalue weighted by molar-refractivity contribution is 9.10. The highest BCUT2D eigenvalue weighted by Crippen LogP contribution is 2.15. The van der Waals surface area contributed by atoms with Gasteiger partial charge in [-0.1, -0.05) is 20.8 Å². The largest absolute Gasteiger partial charge is 0.367 e. The van der Waals surface area contributed by atoms with Crippen molar-refractivity contribution < 1.29 is 0 Å². The molecule has 0 aliphatic heterocycles. The maximum absolute atomic E-state index is 4.44. The lowest BCUT2D eigenvalue weighted by Gasteiger charge is -2.15. The molecule has 0 aliphatic rings. The summed E-state index contributed by atoms with van der Waals surface area (Å²) in [6.07, 6.45) is 3.08. The molecule has 0 spiro atoms. The van der Waals surface area contributed by atoms with Crippen LogP contribution in [0.5, 0.6) is 0 Å². The van der Waals surface area contributed by atoms with Crippen molar-refractivity contribution in [2.45, 2.75) is 46.1 Å². The molecule has 3 nitrogen and oxygen atoms in total. The van der Waals surface area contributed by atoms with E-state index in [1.165, 1.54) is 0 Å². The Kier molecular flexibility index (Phi) is 5.02. The summed E-state index contributed by atoms with van der Waals surface area (Å²) in [5, 5.41) is 3.41. The summed E-state index contributed by atoms with van der Waals surface area (Å²) in [7, 11) is 0. The Balaban J connectivity index is 2.79. The minimum atomic E-state index is 0.497. The van der Waals surface area contributed by atoms with Crippen LogP contribution < -0.4 is 5.32 Å². The van der Waals surface area contributed by atoms with Crippen LogP contribution in [0.15, 0.2) is 10.7 Å². The van der Waals surface area contributed by atoms with Crippen molar-refractivity contribution >= 4 is 21.7 Å². The van der Waals surface area contributed by atoms with Gasteiger partial charge < -0.3 is 5.32 Å². The second kappa shape index (κ2) is 6.05. The van der Waals surface area contributed by atoms with Gasteiger partial charge in [0.15, 0.2) is 0 Å². The second-order valence-electron chi connectivity index (χ2n) is 3.50. The Hall–Kier alpha value is -0.640. The van der Waals surface area contributed by atoms with Crippen LogP contribution in [-0.4, -0.2) is 16.0 Å². The van der Waals surface area contributed by atoms with Crippen LogP contribution in [0.2, 0.25) is 0 Å². The number of aromatic nitrogens is 2. The Morgan fingerprint density at radius 2 is 1.93 bits per heavy atom. The maximum atomic E-state index is 4.44. The summed E-state index contributed by atoms with van der Waals surface area (Å²) in [6, 6.07) is 2.42. The number of aryl methyl sites for hydroxylation is 1. The van der Waals surface area contributed by atoms with Gasteiger partial charge in [-0.2, -0.15) is 0 Å². The van der Waals surface area contributed by atoms with Crippen LogP contribution >= 0.6 is 15.9 Å². The Bertz CT molecular complexity index is 311. The molecule has 1 rings (SSSR count). The van der Waals surface area contributed by atoms with Crippen LogP contribution in [-0.2, 0) is 6.42 Å². The first kappa shape index (κ1) is 12.4. The molecule has 0 aromatic carbocycles. The predicted molar refractivity (Wildman–Crippen MR) is 67.1 cm³/mol. The van der Waals surface area contributed by atoms with Crippen molar-refractivity contribution in [1.29, 1.82) is 0 Å². The average Bonchev–Trinajstić information content (AvgIpc) is 2.25. The summed E-state index contributed by atoms with van der Waals surface area (Å²) >= 11 is 3.40. The lowest BCUT2D eigenvalue weighted by molar-refractivity contribution is 0.667. The minimum absolute atomic E-state index is 0.497. The quantitative estimate of drug-likeness (QED) is 0.835. The molecule has 0 aliphatic carbocycles. The smallest absolute Gasteiger partial charge is 0.131 e. The zero-order valence-electron chi connectivity index (χ0n) is 9.55. The van der Waals surface area contributed by atoms with E-state index in [2.05, 4.69) is 52.0 Å². The summed E-state index contributed by atoms with van der Waals surface area (Å²) in [6.45, 7) is 6.42. The topological polar surface area (TPSA) is 37.8 Å². The zero-order valence-corrected chi connectivity index (χ0v) is 11.1. The van der Waals surface area contributed by atoms with Crippen molar-refractivity contribution in [3.05, 3.63) is 16.5 Å². The number of nitrogens with zero attached hydrogens (tertiary/aromatic N) is 2. The normalized spacial score (nSPS) is 10.7. The lowest BCUT2D eigenvalue weighted by atomic mass is 10.2. The van der Waals surface area contributed by atoms with E-state index in [4.69, 9.17) is 0 Å². The van der Waals surface area contributed by atoms with Gasteiger partial charge in [-0.05, 0) is 28.8 Å². The minimum Gasteiger partial charge on any atom is -0.367 e. The van der Waals surface area contributed by atoms with E-state index < -0.39 is 0 Å². The number of anilines is 1. The molecule has 0 amide bonds. The average molecular weight is 272 g/mol. The predicted octanol–water partition coefficient (Wildman–Crippen LogP) is 3.40. The van der Waals surface area contributed by atoms with E-state index in [-0.39, 0.29) is 0 Å². The van der Waals surface area contributed by atoms with Gasteiger partial charge in [-0.15, -0.1) is 0 Å². The second-order valence-corrected chi connectivity index (χ2v) is 4.32. The summed E-state index contributed by atoms with van der Waals surface area (Å²) in [4.78, 5) is 8.71. The van der Waals surface area contributed by atoms with Gasteiger partial charge in [0.2, 0.25) is 0 Å². The van der Waals surface area contributed by atoms with E-state index in [0.717, 1.165) is 35.5 Å². The Morgan fingerprint density at radius 3 is 2.47 bits per heavy atom. The van der Waals surface area contributed by atoms with E-state index >= 15 is 0 Å². The number of hydrogen-bond donors (Lipinski definition) is 1. The summed E-state index contributed by atoms with van der Waals surface area (Å²) in [5.41, 5.74) is 0. The summed E-state index contributed by atoms with van der Waals surface area (Å²) in [5.74, 6) is 1.79. The zero-order chi connectivity index (χ0) is 11.3. The van der Waals surface area contributed by atoms with Gasteiger partial charge in [-0.25, -0.2) is 9.97 Å². The van der Waals surface area contributed by atoms with Crippen molar-refractivity contribution in [2.75, 3.05) is 5.32 Å². The highest BCUT2D eigenvalue weighted by atomic mass is 79.9. The van der Waals surface area contributed by atoms with Gasteiger partial charge in [-0.3, -0.25) is 0 Å². The first-order valence-corrected chi connectivity index (χ1v) is 6.28. The van der Waals surface area contributed by atoms with E-state index in [0.29, 0.717) is 6.04 Å². The van der Waals surface area contributed by atoms with Gasteiger partial charge in [0.05, 0.1) is 0 Å². The molecule has 0 unspecified atom stereocenters. The van der Waals surface area contributed by atoms with Crippen molar-refractivity contribution in [2.24, 2.45) is 0 Å². The van der Waals surface area contributed by atoms with Crippen LogP contribution in [0, 0.1) is 0 Å². The molecule has 1 heterocycles. The molecule has 84 valence electrons. The van der Waals surface area contributed by atoms with Gasteiger partial charge >= 0.3 is 0 Å². The fraction of sp³-hybridized carbons (Fsp3) is 0.636. The van der Waals surface area contributed by atoms with E-state index in [1.54, 1.807) is 0 Å². The molecule has 1 N–H and O–H groups in total. The molecule has 0 atom stereocenters. The third kappa shape index (κ3) is 3.78. The molecule has 0 bridgehead atoms. The first-order chi connectivity index (χ1) is 7.19. The standard InChI is InChI=1S/C11H18BrN3/c1-4-8(5-2)13-11-7-9(12)14-10(6-3)15-11/h7-8H,4-6H2,1-3H3,(H,13,14,15). The van der Waals surface area contributed by atoms with E-state index in [9.17, 15) is 0 Å². The van der Waals surface area contributed by atoms with Crippen LogP contribution in [0.4, 0.5) is 5.82 Å². The first-order valence-electron chi connectivity index (χ1n) is 5.49. The molecule has 0 radical (unpaired) electrons. The lowest BCUT2D eigenvalue weighted by Crippen LogP contribution is -2.18. The van der Waals surface area contributed by atoms with Gasteiger partial charge in [0.25, 0.3) is 0 Å². The van der Waals surface area contributed by atoms with Crippen LogP contribution in [0.3, 0.4) is 0 Å². The van der Waals surface area contributed by atoms with Crippen LogP contribution in [0.1, 0.15) is 39.4 Å². The SMILES string of the molecule is CCc1nc(Br)cc(NC(CC)CC)n1.